The third-order valence-electron chi connectivity index (χ3n) is 1.76. The van der Waals surface area contributed by atoms with E-state index in [0.29, 0.717) is 9.50 Å². The topological polar surface area (TPSA) is 0 Å². The summed E-state index contributed by atoms with van der Waals surface area (Å²) >= 11 is 5.27. The van der Waals surface area contributed by atoms with Crippen molar-refractivity contribution in [2.45, 2.75) is 20.3 Å². The maximum absolute atomic E-state index is 13.2. The zero-order valence-electron chi connectivity index (χ0n) is 7.78. The Morgan fingerprint density at radius 3 is 2.62 bits per heavy atom. The number of allylic oxidation sites excluding steroid dienone is 5. The summed E-state index contributed by atoms with van der Waals surface area (Å²) < 4.78 is 14.7. The molecule has 0 fully saturated rings. The lowest BCUT2D eigenvalue weighted by Gasteiger charge is -2.06. The molecule has 0 aliphatic heterocycles. The third kappa shape index (κ3) is 4.96. The van der Waals surface area contributed by atoms with E-state index in [2.05, 4.69) is 36.4 Å². The van der Waals surface area contributed by atoms with Crippen LogP contribution in [0.4, 0.5) is 4.39 Å². The lowest BCUT2D eigenvalue weighted by Crippen LogP contribution is -1.90. The average Bonchev–Trinajstić information content (AvgIpc) is 2.14. The normalized spacial score (nSPS) is 16.5. The molecule has 0 rings (SSSR count). The first-order valence-electron chi connectivity index (χ1n) is 4.07. The van der Waals surface area contributed by atoms with Gasteiger partial charge in [0.1, 0.15) is 5.83 Å². The highest BCUT2D eigenvalue weighted by molar-refractivity contribution is 14.1. The van der Waals surface area contributed by atoms with Gasteiger partial charge in [-0.3, -0.25) is 0 Å². The number of halogens is 3. The van der Waals surface area contributed by atoms with Gasteiger partial charge in [-0.05, 0) is 41.0 Å². The molecule has 1 atom stereocenters. The van der Waals surface area contributed by atoms with Crippen molar-refractivity contribution in [3.63, 3.8) is 0 Å². The van der Waals surface area contributed by atoms with Crippen molar-refractivity contribution in [1.29, 1.82) is 0 Å². The smallest absolute Gasteiger partial charge is 0.137 e. The van der Waals surface area contributed by atoms with E-state index in [1.807, 2.05) is 22.6 Å². The van der Waals surface area contributed by atoms with Crippen LogP contribution < -0.4 is 0 Å². The number of hydrogen-bond donors (Lipinski definition) is 0. The Hall–Kier alpha value is 0.360. The minimum Gasteiger partial charge on any atom is -0.206 e. The molecule has 0 radical (unpaired) electrons. The predicted molar refractivity (Wildman–Crippen MR) is 68.8 cm³/mol. The van der Waals surface area contributed by atoms with Crippen molar-refractivity contribution in [2.75, 3.05) is 0 Å². The van der Waals surface area contributed by atoms with Gasteiger partial charge in [-0.15, -0.1) is 0 Å². The molecule has 0 saturated heterocycles. The average molecular weight is 359 g/mol. The predicted octanol–water partition coefficient (Wildman–Crippen LogP) is 5.11. The van der Waals surface area contributed by atoms with Gasteiger partial charge in [0.25, 0.3) is 0 Å². The van der Waals surface area contributed by atoms with E-state index in [4.69, 9.17) is 0 Å². The summed E-state index contributed by atoms with van der Waals surface area (Å²) in [5, 5.41) is 0. The Morgan fingerprint density at radius 2 is 2.23 bits per heavy atom. The molecular formula is C10H13BrFI. The van der Waals surface area contributed by atoms with Gasteiger partial charge in [0.05, 0.1) is 0 Å². The maximum atomic E-state index is 13.2. The molecule has 0 amide bonds. The Balaban J connectivity index is 4.65. The van der Waals surface area contributed by atoms with E-state index in [1.54, 1.807) is 0 Å². The van der Waals surface area contributed by atoms with Crippen molar-refractivity contribution in [3.8, 4) is 0 Å². The van der Waals surface area contributed by atoms with Crippen LogP contribution in [-0.2, 0) is 0 Å². The first-order valence-corrected chi connectivity index (χ1v) is 5.94. The van der Waals surface area contributed by atoms with Gasteiger partial charge in [0.2, 0.25) is 0 Å². The van der Waals surface area contributed by atoms with E-state index in [9.17, 15) is 4.39 Å². The molecule has 1 unspecified atom stereocenters. The zero-order chi connectivity index (χ0) is 10.4. The van der Waals surface area contributed by atoms with Crippen LogP contribution in [0.1, 0.15) is 20.3 Å². The van der Waals surface area contributed by atoms with Crippen LogP contribution >= 0.6 is 38.5 Å². The van der Waals surface area contributed by atoms with Gasteiger partial charge >= 0.3 is 0 Å². The molecule has 0 aliphatic carbocycles. The van der Waals surface area contributed by atoms with Crippen LogP contribution in [0.2, 0.25) is 0 Å². The summed E-state index contributed by atoms with van der Waals surface area (Å²) in [6.07, 6.45) is 4.01. The molecule has 13 heavy (non-hydrogen) atoms. The molecule has 0 heterocycles. The summed E-state index contributed by atoms with van der Waals surface area (Å²) in [6, 6.07) is 0. The van der Waals surface area contributed by atoms with Gasteiger partial charge in [0.15, 0.2) is 0 Å². The third-order valence-corrected chi connectivity index (χ3v) is 3.72. The Bertz CT molecular complexity index is 243. The Kier molecular flexibility index (Phi) is 6.95. The van der Waals surface area contributed by atoms with Gasteiger partial charge in [-0.1, -0.05) is 42.4 Å². The van der Waals surface area contributed by atoms with E-state index in [1.165, 1.54) is 12.2 Å². The monoisotopic (exact) mass is 358 g/mol. The molecule has 0 spiro atoms. The van der Waals surface area contributed by atoms with Crippen molar-refractivity contribution in [2.24, 2.45) is 5.92 Å². The van der Waals surface area contributed by atoms with Gasteiger partial charge in [-0.2, -0.15) is 0 Å². The summed E-state index contributed by atoms with van der Waals surface area (Å²) in [6.45, 7) is 7.62. The fourth-order valence-corrected chi connectivity index (χ4v) is 1.31. The highest BCUT2D eigenvalue weighted by Crippen LogP contribution is 2.25. The second-order valence-corrected chi connectivity index (χ2v) is 4.82. The fourth-order valence-electron chi connectivity index (χ4n) is 0.625. The number of rotatable bonds is 4. The molecule has 0 bridgehead atoms. The van der Waals surface area contributed by atoms with Crippen molar-refractivity contribution in [3.05, 3.63) is 32.6 Å². The SMILES string of the molecule is C=C/C(I)=C(F)\C=C(\Br)C(C)CC. The van der Waals surface area contributed by atoms with E-state index in [-0.39, 0.29) is 5.83 Å². The fraction of sp³-hybridized carbons (Fsp3) is 0.400. The van der Waals surface area contributed by atoms with Gasteiger partial charge in [-0.25, -0.2) is 4.39 Å². The molecule has 0 nitrogen and oxygen atoms in total. The molecule has 0 aromatic rings. The van der Waals surface area contributed by atoms with Crippen LogP contribution in [0, 0.1) is 5.92 Å². The summed E-state index contributed by atoms with van der Waals surface area (Å²) in [7, 11) is 0. The Morgan fingerprint density at radius 1 is 1.69 bits per heavy atom. The second kappa shape index (κ2) is 6.76. The lowest BCUT2D eigenvalue weighted by molar-refractivity contribution is 0.651. The zero-order valence-corrected chi connectivity index (χ0v) is 11.5. The lowest BCUT2D eigenvalue weighted by atomic mass is 10.1. The first kappa shape index (κ1) is 13.4. The van der Waals surface area contributed by atoms with Gasteiger partial charge < -0.3 is 0 Å². The van der Waals surface area contributed by atoms with Crippen LogP contribution in [0.5, 0.6) is 0 Å². The van der Waals surface area contributed by atoms with Crippen LogP contribution in [0.25, 0.3) is 0 Å². The minimum atomic E-state index is -0.234. The highest BCUT2D eigenvalue weighted by atomic mass is 127. The molecule has 3 heteroatoms. The van der Waals surface area contributed by atoms with Crippen molar-refractivity contribution in [1.82, 2.24) is 0 Å². The summed E-state index contributed by atoms with van der Waals surface area (Å²) in [4.78, 5) is 0. The maximum Gasteiger partial charge on any atom is 0.137 e. The van der Waals surface area contributed by atoms with E-state index < -0.39 is 0 Å². The Labute approximate surface area is 101 Å². The van der Waals surface area contributed by atoms with Crippen LogP contribution in [0.15, 0.2) is 32.6 Å². The second-order valence-electron chi connectivity index (χ2n) is 2.74. The molecule has 0 saturated carbocycles. The molecular weight excluding hydrogens is 346 g/mol. The van der Waals surface area contributed by atoms with Crippen molar-refractivity contribution < 1.29 is 4.39 Å². The largest absolute Gasteiger partial charge is 0.206 e. The highest BCUT2D eigenvalue weighted by Gasteiger charge is 2.04. The van der Waals surface area contributed by atoms with Crippen LogP contribution in [0.3, 0.4) is 0 Å². The molecule has 0 aromatic heterocycles. The summed E-state index contributed by atoms with van der Waals surface area (Å²) in [5.41, 5.74) is 0. The molecule has 74 valence electrons. The van der Waals surface area contributed by atoms with E-state index >= 15 is 0 Å². The molecule has 0 N–H and O–H groups in total. The molecule has 0 aliphatic rings. The standard InChI is InChI=1S/C10H13BrFI/c1-4-7(3)8(11)6-9(12)10(13)5-2/h5-7H,2,4H2,1,3H3/b8-6+,10-9-. The number of hydrogen-bond acceptors (Lipinski definition) is 0. The minimum absolute atomic E-state index is 0.234. The quantitative estimate of drug-likeness (QED) is 0.483. The summed E-state index contributed by atoms with van der Waals surface area (Å²) in [5.74, 6) is 0.127. The van der Waals surface area contributed by atoms with Gasteiger partial charge in [0, 0.05) is 8.06 Å². The first-order chi connectivity index (χ1) is 6.02. The van der Waals surface area contributed by atoms with E-state index in [0.717, 1.165) is 10.9 Å². The van der Waals surface area contributed by atoms with Crippen molar-refractivity contribution >= 4 is 38.5 Å². The van der Waals surface area contributed by atoms with Crippen LogP contribution in [-0.4, -0.2) is 0 Å². The molecule has 0 aromatic carbocycles.